The molecule has 0 aliphatic carbocycles. The summed E-state index contributed by atoms with van der Waals surface area (Å²) in [5, 5.41) is 2.91. The van der Waals surface area contributed by atoms with Crippen LogP contribution in [0.25, 0.3) is 11.1 Å². The molecule has 0 radical (unpaired) electrons. The van der Waals surface area contributed by atoms with E-state index in [4.69, 9.17) is 0 Å². The van der Waals surface area contributed by atoms with E-state index in [0.717, 1.165) is 16.8 Å². The van der Waals surface area contributed by atoms with Gasteiger partial charge in [0.05, 0.1) is 4.90 Å². The summed E-state index contributed by atoms with van der Waals surface area (Å²) >= 11 is 0. The van der Waals surface area contributed by atoms with E-state index in [1.807, 2.05) is 72.8 Å². The first kappa shape index (κ1) is 20.3. The van der Waals surface area contributed by atoms with Crippen molar-refractivity contribution in [3.05, 3.63) is 84.9 Å². The zero-order chi connectivity index (χ0) is 21.0. The van der Waals surface area contributed by atoms with Crippen molar-refractivity contribution in [3.8, 4) is 11.1 Å². The Labute approximate surface area is 177 Å². The minimum Gasteiger partial charge on any atom is -0.326 e. The molecule has 3 aromatic rings. The molecule has 1 saturated heterocycles. The number of carbonyl (C=O) groups is 1. The highest BCUT2D eigenvalue weighted by molar-refractivity contribution is 7.89. The molecule has 1 amide bonds. The third-order valence-corrected chi connectivity index (χ3v) is 7.38. The molecule has 4 rings (SSSR count). The van der Waals surface area contributed by atoms with Crippen molar-refractivity contribution in [2.45, 2.75) is 17.7 Å². The zero-order valence-corrected chi connectivity index (χ0v) is 17.4. The van der Waals surface area contributed by atoms with Crippen LogP contribution in [0.1, 0.15) is 12.8 Å². The van der Waals surface area contributed by atoms with E-state index in [0.29, 0.717) is 25.9 Å². The SMILES string of the molecule is O=C(Nc1ccccc1)C1CCN(S(=O)(=O)c2ccc(-c3ccccc3)cc2)CC1. The summed E-state index contributed by atoms with van der Waals surface area (Å²) in [7, 11) is -3.57. The van der Waals surface area contributed by atoms with Crippen LogP contribution in [-0.2, 0) is 14.8 Å². The van der Waals surface area contributed by atoms with E-state index in [9.17, 15) is 13.2 Å². The summed E-state index contributed by atoms with van der Waals surface area (Å²) < 4.78 is 27.5. The molecule has 0 atom stereocenters. The Morgan fingerprint density at radius 2 is 1.30 bits per heavy atom. The molecule has 5 nitrogen and oxygen atoms in total. The maximum Gasteiger partial charge on any atom is 0.243 e. The number of amides is 1. The molecule has 3 aromatic carbocycles. The highest BCUT2D eigenvalue weighted by Gasteiger charge is 2.32. The summed E-state index contributed by atoms with van der Waals surface area (Å²) in [6, 6.07) is 26.2. The van der Waals surface area contributed by atoms with Gasteiger partial charge in [0.2, 0.25) is 15.9 Å². The number of nitrogens with one attached hydrogen (secondary N) is 1. The van der Waals surface area contributed by atoms with E-state index in [1.165, 1.54) is 4.31 Å². The molecule has 0 bridgehead atoms. The Kier molecular flexibility index (Phi) is 5.97. The van der Waals surface area contributed by atoms with Crippen LogP contribution in [0.5, 0.6) is 0 Å². The summed E-state index contributed by atoms with van der Waals surface area (Å²) in [6.07, 6.45) is 1.03. The minimum atomic E-state index is -3.57. The lowest BCUT2D eigenvalue weighted by Crippen LogP contribution is -2.41. The molecule has 1 fully saturated rings. The fraction of sp³-hybridized carbons (Fsp3) is 0.208. The smallest absolute Gasteiger partial charge is 0.243 e. The van der Waals surface area contributed by atoms with E-state index in [-0.39, 0.29) is 16.7 Å². The number of para-hydroxylation sites is 1. The quantitative estimate of drug-likeness (QED) is 0.666. The third-order valence-electron chi connectivity index (χ3n) is 5.47. The number of piperidine rings is 1. The first-order valence-electron chi connectivity index (χ1n) is 10.1. The molecule has 30 heavy (non-hydrogen) atoms. The third kappa shape index (κ3) is 4.45. The van der Waals surface area contributed by atoms with Crippen molar-refractivity contribution < 1.29 is 13.2 Å². The van der Waals surface area contributed by atoms with Gasteiger partial charge in [-0.25, -0.2) is 8.42 Å². The average Bonchev–Trinajstić information content (AvgIpc) is 2.80. The number of hydrogen-bond donors (Lipinski definition) is 1. The number of anilines is 1. The van der Waals surface area contributed by atoms with Crippen LogP contribution in [-0.4, -0.2) is 31.7 Å². The van der Waals surface area contributed by atoms with E-state index in [1.54, 1.807) is 12.1 Å². The van der Waals surface area contributed by atoms with Gasteiger partial charge in [0.15, 0.2) is 0 Å². The van der Waals surface area contributed by atoms with Crippen LogP contribution in [0.3, 0.4) is 0 Å². The van der Waals surface area contributed by atoms with Gasteiger partial charge in [-0.05, 0) is 48.2 Å². The van der Waals surface area contributed by atoms with Gasteiger partial charge in [0, 0.05) is 24.7 Å². The number of rotatable bonds is 5. The molecule has 1 aliphatic rings. The number of benzene rings is 3. The molecule has 0 aromatic heterocycles. The van der Waals surface area contributed by atoms with Gasteiger partial charge in [0.1, 0.15) is 0 Å². The summed E-state index contributed by atoms with van der Waals surface area (Å²) in [5.41, 5.74) is 2.79. The molecule has 1 aliphatic heterocycles. The van der Waals surface area contributed by atoms with Crippen molar-refractivity contribution in [2.75, 3.05) is 18.4 Å². The van der Waals surface area contributed by atoms with E-state index < -0.39 is 10.0 Å². The predicted molar refractivity (Wildman–Crippen MR) is 118 cm³/mol. The lowest BCUT2D eigenvalue weighted by Gasteiger charge is -2.30. The average molecular weight is 421 g/mol. The second kappa shape index (κ2) is 8.81. The Bertz CT molecular complexity index is 1090. The predicted octanol–water partition coefficient (Wildman–Crippen LogP) is 4.39. The van der Waals surface area contributed by atoms with Crippen LogP contribution in [0.2, 0.25) is 0 Å². The normalized spacial score (nSPS) is 15.6. The Morgan fingerprint density at radius 1 is 0.767 bits per heavy atom. The fourth-order valence-electron chi connectivity index (χ4n) is 3.72. The monoisotopic (exact) mass is 420 g/mol. The van der Waals surface area contributed by atoms with Crippen LogP contribution in [0, 0.1) is 5.92 Å². The van der Waals surface area contributed by atoms with Crippen molar-refractivity contribution in [3.63, 3.8) is 0 Å². The first-order chi connectivity index (χ1) is 14.5. The maximum absolute atomic E-state index is 13.0. The van der Waals surface area contributed by atoms with Crippen LogP contribution in [0.4, 0.5) is 5.69 Å². The van der Waals surface area contributed by atoms with Crippen molar-refractivity contribution in [1.82, 2.24) is 4.31 Å². The van der Waals surface area contributed by atoms with Crippen LogP contribution >= 0.6 is 0 Å². The van der Waals surface area contributed by atoms with Crippen LogP contribution < -0.4 is 5.32 Å². The summed E-state index contributed by atoms with van der Waals surface area (Å²) in [6.45, 7) is 0.686. The lowest BCUT2D eigenvalue weighted by molar-refractivity contribution is -0.120. The standard InChI is InChI=1S/C24H24N2O3S/c27-24(25-22-9-5-2-6-10-22)21-15-17-26(18-16-21)30(28,29)23-13-11-20(12-14-23)19-7-3-1-4-8-19/h1-14,21H,15-18H2,(H,25,27). The van der Waals surface area contributed by atoms with Crippen LogP contribution in [0.15, 0.2) is 89.8 Å². The fourth-order valence-corrected chi connectivity index (χ4v) is 5.19. The maximum atomic E-state index is 13.0. The Balaban J connectivity index is 1.39. The van der Waals surface area contributed by atoms with Crippen molar-refractivity contribution >= 4 is 21.6 Å². The molecule has 0 saturated carbocycles. The number of nitrogens with zero attached hydrogens (tertiary/aromatic N) is 1. The van der Waals surface area contributed by atoms with Gasteiger partial charge in [-0.1, -0.05) is 60.7 Å². The molecule has 1 N–H and O–H groups in total. The summed E-state index contributed by atoms with van der Waals surface area (Å²) in [4.78, 5) is 12.8. The van der Waals surface area contributed by atoms with Gasteiger partial charge < -0.3 is 5.32 Å². The summed E-state index contributed by atoms with van der Waals surface area (Å²) in [5.74, 6) is -0.234. The zero-order valence-electron chi connectivity index (χ0n) is 16.6. The van der Waals surface area contributed by atoms with Gasteiger partial charge in [-0.3, -0.25) is 4.79 Å². The Morgan fingerprint density at radius 3 is 1.90 bits per heavy atom. The first-order valence-corrected chi connectivity index (χ1v) is 11.5. The highest BCUT2D eigenvalue weighted by Crippen LogP contribution is 2.27. The van der Waals surface area contributed by atoms with E-state index in [2.05, 4.69) is 5.32 Å². The highest BCUT2D eigenvalue weighted by atomic mass is 32.2. The molecular weight excluding hydrogens is 396 g/mol. The number of carbonyl (C=O) groups excluding carboxylic acids is 1. The molecular formula is C24H24N2O3S. The molecule has 0 unspecified atom stereocenters. The van der Waals surface area contributed by atoms with E-state index >= 15 is 0 Å². The van der Waals surface area contributed by atoms with Gasteiger partial charge in [0.25, 0.3) is 0 Å². The topological polar surface area (TPSA) is 66.5 Å². The van der Waals surface area contributed by atoms with Gasteiger partial charge in [-0.15, -0.1) is 0 Å². The molecule has 6 heteroatoms. The van der Waals surface area contributed by atoms with Crippen molar-refractivity contribution in [2.24, 2.45) is 5.92 Å². The lowest BCUT2D eigenvalue weighted by atomic mass is 9.97. The van der Waals surface area contributed by atoms with Gasteiger partial charge >= 0.3 is 0 Å². The second-order valence-electron chi connectivity index (χ2n) is 7.42. The van der Waals surface area contributed by atoms with Gasteiger partial charge in [-0.2, -0.15) is 4.31 Å². The largest absolute Gasteiger partial charge is 0.326 e. The second-order valence-corrected chi connectivity index (χ2v) is 9.36. The van der Waals surface area contributed by atoms with Crippen molar-refractivity contribution in [1.29, 1.82) is 0 Å². The number of sulfonamides is 1. The molecule has 0 spiro atoms. The Hall–Kier alpha value is -2.96. The molecule has 154 valence electrons. The number of hydrogen-bond acceptors (Lipinski definition) is 3. The minimum absolute atomic E-state index is 0.0505. The molecule has 1 heterocycles.